The molecule has 4 nitrogen and oxygen atoms in total. The molecule has 2 aromatic heterocycles. The zero-order chi connectivity index (χ0) is 14.9. The highest BCUT2D eigenvalue weighted by atomic mass is 32.1. The molecular formula is C13H15F3N4S. The van der Waals surface area contributed by atoms with Gasteiger partial charge in [0.2, 0.25) is 0 Å². The van der Waals surface area contributed by atoms with E-state index in [-0.39, 0.29) is 0 Å². The van der Waals surface area contributed by atoms with E-state index in [4.69, 9.17) is 0 Å². The first-order valence-electron chi connectivity index (χ1n) is 6.73. The SMILES string of the molecule is FC(F)(F)c1cn2c(n1)CC[C@H](CNCc1cncs1)C2. The average Bonchev–Trinajstić information content (AvgIpc) is 3.05. The van der Waals surface area contributed by atoms with Crippen molar-refractivity contribution >= 4 is 11.3 Å². The molecule has 2 aromatic rings. The minimum Gasteiger partial charge on any atom is -0.334 e. The van der Waals surface area contributed by atoms with Gasteiger partial charge in [0.1, 0.15) is 5.82 Å². The Kier molecular flexibility index (Phi) is 3.99. The topological polar surface area (TPSA) is 42.7 Å². The van der Waals surface area contributed by atoms with Gasteiger partial charge in [-0.2, -0.15) is 13.2 Å². The lowest BCUT2D eigenvalue weighted by atomic mass is 9.99. The van der Waals surface area contributed by atoms with E-state index in [1.54, 1.807) is 21.4 Å². The van der Waals surface area contributed by atoms with E-state index in [2.05, 4.69) is 15.3 Å². The molecule has 3 rings (SSSR count). The fraction of sp³-hybridized carbons (Fsp3) is 0.538. The molecule has 0 radical (unpaired) electrons. The van der Waals surface area contributed by atoms with Gasteiger partial charge in [0, 0.05) is 43.3 Å². The number of alkyl halides is 3. The Balaban J connectivity index is 1.56. The van der Waals surface area contributed by atoms with Crippen molar-refractivity contribution in [2.24, 2.45) is 5.92 Å². The predicted octanol–water partition coefficient (Wildman–Crippen LogP) is 2.71. The number of halogens is 3. The number of imidazole rings is 1. The molecule has 0 amide bonds. The minimum absolute atomic E-state index is 0.334. The van der Waals surface area contributed by atoms with Gasteiger partial charge < -0.3 is 9.88 Å². The molecule has 0 bridgehead atoms. The zero-order valence-electron chi connectivity index (χ0n) is 11.2. The Hall–Kier alpha value is -1.41. The number of nitrogens with zero attached hydrogens (tertiary/aromatic N) is 3. The highest BCUT2D eigenvalue weighted by molar-refractivity contribution is 7.09. The van der Waals surface area contributed by atoms with Crippen molar-refractivity contribution < 1.29 is 13.2 Å². The van der Waals surface area contributed by atoms with E-state index in [0.717, 1.165) is 30.6 Å². The van der Waals surface area contributed by atoms with E-state index in [9.17, 15) is 13.2 Å². The number of thiazole rings is 1. The molecule has 1 aliphatic rings. The Morgan fingerprint density at radius 3 is 3.00 bits per heavy atom. The Morgan fingerprint density at radius 1 is 1.43 bits per heavy atom. The molecule has 0 saturated carbocycles. The molecule has 0 saturated heterocycles. The summed E-state index contributed by atoms with van der Waals surface area (Å²) in [6, 6.07) is 0. The van der Waals surface area contributed by atoms with E-state index in [0.29, 0.717) is 24.7 Å². The standard InChI is InChI=1S/C13H15F3N4S/c14-13(15,16)11-7-20-6-9(1-2-12(20)19-11)3-17-4-10-5-18-8-21-10/h5,7-9,17H,1-4,6H2/t9-/m1/s1. The van der Waals surface area contributed by atoms with Crippen LogP contribution in [0.25, 0.3) is 0 Å². The summed E-state index contributed by atoms with van der Waals surface area (Å²) in [6.45, 7) is 2.14. The summed E-state index contributed by atoms with van der Waals surface area (Å²) in [7, 11) is 0. The summed E-state index contributed by atoms with van der Waals surface area (Å²) in [4.78, 5) is 8.85. The van der Waals surface area contributed by atoms with Crippen molar-refractivity contribution in [2.75, 3.05) is 6.54 Å². The summed E-state index contributed by atoms with van der Waals surface area (Å²) >= 11 is 1.59. The summed E-state index contributed by atoms with van der Waals surface area (Å²) in [5, 5.41) is 3.34. The molecule has 21 heavy (non-hydrogen) atoms. The molecule has 1 N–H and O–H groups in total. The third-order valence-electron chi connectivity index (χ3n) is 3.60. The summed E-state index contributed by atoms with van der Waals surface area (Å²) in [5.74, 6) is 0.877. The highest BCUT2D eigenvalue weighted by Gasteiger charge is 2.35. The minimum atomic E-state index is -4.36. The van der Waals surface area contributed by atoms with Gasteiger partial charge >= 0.3 is 6.18 Å². The number of aromatic nitrogens is 3. The third-order valence-corrected chi connectivity index (χ3v) is 4.38. The van der Waals surface area contributed by atoms with Crippen LogP contribution in [-0.2, 0) is 25.7 Å². The number of nitrogens with one attached hydrogen (secondary N) is 1. The van der Waals surface area contributed by atoms with Gasteiger partial charge in [-0.1, -0.05) is 0 Å². The average molecular weight is 316 g/mol. The van der Waals surface area contributed by atoms with E-state index >= 15 is 0 Å². The van der Waals surface area contributed by atoms with Crippen molar-refractivity contribution in [3.8, 4) is 0 Å². The fourth-order valence-electron chi connectivity index (χ4n) is 2.55. The lowest BCUT2D eigenvalue weighted by Gasteiger charge is -2.23. The molecule has 0 aliphatic carbocycles. The largest absolute Gasteiger partial charge is 0.434 e. The first kappa shape index (κ1) is 14.5. The van der Waals surface area contributed by atoms with Crippen LogP contribution in [0.2, 0.25) is 0 Å². The fourth-order valence-corrected chi connectivity index (χ4v) is 3.11. The monoisotopic (exact) mass is 316 g/mol. The van der Waals surface area contributed by atoms with Crippen LogP contribution in [0, 0.1) is 5.92 Å². The van der Waals surface area contributed by atoms with Crippen LogP contribution in [0.1, 0.15) is 22.8 Å². The van der Waals surface area contributed by atoms with E-state index in [1.807, 2.05) is 6.20 Å². The van der Waals surface area contributed by atoms with Crippen molar-refractivity contribution in [3.63, 3.8) is 0 Å². The lowest BCUT2D eigenvalue weighted by molar-refractivity contribution is -0.141. The quantitative estimate of drug-likeness (QED) is 0.943. The van der Waals surface area contributed by atoms with Gasteiger partial charge in [-0.3, -0.25) is 4.98 Å². The van der Waals surface area contributed by atoms with Crippen molar-refractivity contribution in [1.29, 1.82) is 0 Å². The van der Waals surface area contributed by atoms with Crippen LogP contribution in [0.3, 0.4) is 0 Å². The maximum atomic E-state index is 12.6. The second kappa shape index (κ2) is 5.76. The lowest BCUT2D eigenvalue weighted by Crippen LogP contribution is -2.29. The Labute approximate surface area is 124 Å². The third kappa shape index (κ3) is 3.44. The van der Waals surface area contributed by atoms with E-state index < -0.39 is 11.9 Å². The van der Waals surface area contributed by atoms with Crippen molar-refractivity contribution in [2.45, 2.75) is 32.1 Å². The van der Waals surface area contributed by atoms with Crippen LogP contribution >= 0.6 is 11.3 Å². The van der Waals surface area contributed by atoms with E-state index in [1.165, 1.54) is 0 Å². The number of hydrogen-bond acceptors (Lipinski definition) is 4. The smallest absolute Gasteiger partial charge is 0.334 e. The maximum absolute atomic E-state index is 12.6. The summed E-state index contributed by atoms with van der Waals surface area (Å²) in [5.41, 5.74) is 1.00. The second-order valence-electron chi connectivity index (χ2n) is 5.20. The summed E-state index contributed by atoms with van der Waals surface area (Å²) < 4.78 is 39.6. The van der Waals surface area contributed by atoms with Crippen LogP contribution < -0.4 is 5.32 Å². The zero-order valence-corrected chi connectivity index (χ0v) is 12.0. The molecule has 0 aromatic carbocycles. The molecule has 3 heterocycles. The molecule has 0 spiro atoms. The van der Waals surface area contributed by atoms with Gasteiger partial charge in [-0.15, -0.1) is 11.3 Å². The Bertz CT molecular complexity index is 591. The second-order valence-corrected chi connectivity index (χ2v) is 6.17. The summed E-state index contributed by atoms with van der Waals surface area (Å²) in [6.07, 6.45) is 0.0596. The first-order chi connectivity index (χ1) is 10.0. The molecule has 1 aliphatic heterocycles. The molecule has 1 atom stereocenters. The van der Waals surface area contributed by atoms with Crippen LogP contribution in [-0.4, -0.2) is 21.1 Å². The molecule has 114 valence electrons. The maximum Gasteiger partial charge on any atom is 0.434 e. The number of hydrogen-bond donors (Lipinski definition) is 1. The Morgan fingerprint density at radius 2 is 2.29 bits per heavy atom. The van der Waals surface area contributed by atoms with Crippen LogP contribution in [0.15, 0.2) is 17.9 Å². The van der Waals surface area contributed by atoms with Crippen molar-refractivity contribution in [3.05, 3.63) is 34.3 Å². The van der Waals surface area contributed by atoms with Gasteiger partial charge in [0.05, 0.1) is 5.51 Å². The van der Waals surface area contributed by atoms with Gasteiger partial charge in [-0.25, -0.2) is 4.98 Å². The molecule has 0 unspecified atom stereocenters. The molecule has 8 heteroatoms. The van der Waals surface area contributed by atoms with Crippen LogP contribution in [0.4, 0.5) is 13.2 Å². The van der Waals surface area contributed by atoms with Crippen molar-refractivity contribution in [1.82, 2.24) is 19.9 Å². The number of rotatable bonds is 4. The van der Waals surface area contributed by atoms with Crippen LogP contribution in [0.5, 0.6) is 0 Å². The normalized spacial score (nSPS) is 18.7. The van der Waals surface area contributed by atoms with Gasteiger partial charge in [0.15, 0.2) is 5.69 Å². The predicted molar refractivity (Wildman–Crippen MR) is 72.9 cm³/mol. The van der Waals surface area contributed by atoms with Gasteiger partial charge in [0.25, 0.3) is 0 Å². The number of aryl methyl sites for hydroxylation is 1. The first-order valence-corrected chi connectivity index (χ1v) is 7.61. The molecule has 0 fully saturated rings. The number of fused-ring (bicyclic) bond motifs is 1. The molecular weight excluding hydrogens is 301 g/mol. The van der Waals surface area contributed by atoms with Gasteiger partial charge in [-0.05, 0) is 12.3 Å². The highest BCUT2D eigenvalue weighted by Crippen LogP contribution is 2.30.